The Morgan fingerprint density at radius 1 is 1.28 bits per heavy atom. The van der Waals surface area contributed by atoms with E-state index in [2.05, 4.69) is 5.32 Å². The fourth-order valence-corrected chi connectivity index (χ4v) is 4.11. The second-order valence-corrected chi connectivity index (χ2v) is 7.75. The van der Waals surface area contributed by atoms with Gasteiger partial charge in [0.25, 0.3) is 5.91 Å². The Hall–Kier alpha value is -1.88. The molecule has 1 N–H and O–H groups in total. The first-order valence-corrected chi connectivity index (χ1v) is 9.15. The highest BCUT2D eigenvalue weighted by Gasteiger charge is 2.51. The largest absolute Gasteiger partial charge is 0.381 e. The predicted octanol–water partition coefficient (Wildman–Crippen LogP) is 2.39. The fraction of sp³-hybridized carbons (Fsp3) is 0.600. The third-order valence-corrected chi connectivity index (χ3v) is 5.44. The van der Waals surface area contributed by atoms with E-state index in [4.69, 9.17) is 4.74 Å². The SMILES string of the molecule is Cc1cccc(C(=O)N2C[C@H](C(=O)NC(C)C)C3(CCOCC3)C2)c1. The number of carbonyl (C=O) groups excluding carboxylic acids is 2. The lowest BCUT2D eigenvalue weighted by Crippen LogP contribution is -2.46. The second-order valence-electron chi connectivity index (χ2n) is 7.75. The quantitative estimate of drug-likeness (QED) is 0.916. The molecule has 2 aliphatic heterocycles. The van der Waals surface area contributed by atoms with E-state index in [0.717, 1.165) is 18.4 Å². The standard InChI is InChI=1S/C20H28N2O3/c1-14(2)21-18(23)17-12-22(13-20(17)7-9-25-10-8-20)19(24)16-6-4-5-15(3)11-16/h4-6,11,14,17H,7-10,12-13H2,1-3H3,(H,21,23)/t17-/m1/s1. The molecule has 2 saturated heterocycles. The molecule has 1 aromatic carbocycles. The number of carbonyl (C=O) groups is 2. The average Bonchev–Trinajstić information content (AvgIpc) is 2.93. The van der Waals surface area contributed by atoms with Crippen LogP contribution in [0.15, 0.2) is 24.3 Å². The second kappa shape index (κ2) is 7.16. The van der Waals surface area contributed by atoms with E-state index in [1.165, 1.54) is 0 Å². The molecule has 0 unspecified atom stereocenters. The smallest absolute Gasteiger partial charge is 0.253 e. The summed E-state index contributed by atoms with van der Waals surface area (Å²) >= 11 is 0. The van der Waals surface area contributed by atoms with Gasteiger partial charge < -0.3 is 15.0 Å². The van der Waals surface area contributed by atoms with Crippen LogP contribution in [0.3, 0.4) is 0 Å². The van der Waals surface area contributed by atoms with Gasteiger partial charge in [-0.2, -0.15) is 0 Å². The van der Waals surface area contributed by atoms with Crippen LogP contribution in [0.25, 0.3) is 0 Å². The third-order valence-electron chi connectivity index (χ3n) is 5.44. The molecular weight excluding hydrogens is 316 g/mol. The van der Waals surface area contributed by atoms with Crippen molar-refractivity contribution in [3.05, 3.63) is 35.4 Å². The maximum absolute atomic E-state index is 13.0. The summed E-state index contributed by atoms with van der Waals surface area (Å²) in [5.74, 6) is -0.0709. The van der Waals surface area contributed by atoms with Crippen LogP contribution in [0.2, 0.25) is 0 Å². The summed E-state index contributed by atoms with van der Waals surface area (Å²) in [6.07, 6.45) is 1.67. The van der Waals surface area contributed by atoms with Gasteiger partial charge in [-0.1, -0.05) is 17.7 Å². The highest BCUT2D eigenvalue weighted by atomic mass is 16.5. The zero-order valence-corrected chi connectivity index (χ0v) is 15.4. The first-order chi connectivity index (χ1) is 11.9. The van der Waals surface area contributed by atoms with Crippen molar-refractivity contribution < 1.29 is 14.3 Å². The Bertz CT molecular complexity index is 650. The molecule has 0 aromatic heterocycles. The van der Waals surface area contributed by atoms with Gasteiger partial charge in [0.2, 0.25) is 5.91 Å². The van der Waals surface area contributed by atoms with E-state index < -0.39 is 0 Å². The molecule has 2 amide bonds. The first-order valence-electron chi connectivity index (χ1n) is 9.15. The number of likely N-dealkylation sites (tertiary alicyclic amines) is 1. The number of nitrogens with one attached hydrogen (secondary N) is 1. The van der Waals surface area contributed by atoms with Crippen LogP contribution in [0.1, 0.15) is 42.6 Å². The van der Waals surface area contributed by atoms with Gasteiger partial charge in [-0.3, -0.25) is 9.59 Å². The van der Waals surface area contributed by atoms with E-state index in [1.807, 2.05) is 49.9 Å². The van der Waals surface area contributed by atoms with Crippen LogP contribution in [0, 0.1) is 18.3 Å². The van der Waals surface area contributed by atoms with Crippen molar-refractivity contribution in [3.63, 3.8) is 0 Å². The van der Waals surface area contributed by atoms with Gasteiger partial charge in [0.15, 0.2) is 0 Å². The summed E-state index contributed by atoms with van der Waals surface area (Å²) in [6, 6.07) is 7.77. The summed E-state index contributed by atoms with van der Waals surface area (Å²) in [4.78, 5) is 27.6. The predicted molar refractivity (Wildman–Crippen MR) is 96.3 cm³/mol. The molecule has 1 atom stereocenters. The molecule has 136 valence electrons. The number of aryl methyl sites for hydroxylation is 1. The highest BCUT2D eigenvalue weighted by molar-refractivity contribution is 5.95. The minimum Gasteiger partial charge on any atom is -0.381 e. The van der Waals surface area contributed by atoms with Gasteiger partial charge in [-0.15, -0.1) is 0 Å². The lowest BCUT2D eigenvalue weighted by Gasteiger charge is -2.37. The van der Waals surface area contributed by atoms with Gasteiger partial charge >= 0.3 is 0 Å². The Balaban J connectivity index is 1.83. The molecule has 2 fully saturated rings. The number of hydrogen-bond acceptors (Lipinski definition) is 3. The van der Waals surface area contributed by atoms with Gasteiger partial charge in [0.1, 0.15) is 0 Å². The monoisotopic (exact) mass is 344 g/mol. The molecule has 0 aliphatic carbocycles. The van der Waals surface area contributed by atoms with Crippen LogP contribution in [-0.2, 0) is 9.53 Å². The van der Waals surface area contributed by atoms with Crippen LogP contribution >= 0.6 is 0 Å². The minimum absolute atomic E-state index is 0.0226. The number of benzene rings is 1. The zero-order valence-electron chi connectivity index (χ0n) is 15.4. The molecule has 5 nitrogen and oxygen atoms in total. The lowest BCUT2D eigenvalue weighted by molar-refractivity contribution is -0.130. The molecule has 3 rings (SSSR count). The summed E-state index contributed by atoms with van der Waals surface area (Å²) < 4.78 is 5.53. The molecule has 25 heavy (non-hydrogen) atoms. The van der Waals surface area contributed by atoms with E-state index in [0.29, 0.717) is 31.9 Å². The molecule has 1 spiro atoms. The Morgan fingerprint density at radius 3 is 2.64 bits per heavy atom. The van der Waals surface area contributed by atoms with Crippen molar-refractivity contribution in [3.8, 4) is 0 Å². The van der Waals surface area contributed by atoms with Crippen LogP contribution in [0.4, 0.5) is 0 Å². The Morgan fingerprint density at radius 2 is 2.00 bits per heavy atom. The molecule has 2 heterocycles. The maximum Gasteiger partial charge on any atom is 0.253 e. The number of ether oxygens (including phenoxy) is 1. The van der Waals surface area contributed by atoms with Crippen molar-refractivity contribution in [2.45, 2.75) is 39.7 Å². The molecule has 2 aliphatic rings. The number of nitrogens with zero attached hydrogens (tertiary/aromatic N) is 1. The van der Waals surface area contributed by atoms with E-state index in [1.54, 1.807) is 0 Å². The van der Waals surface area contributed by atoms with Crippen molar-refractivity contribution in [1.82, 2.24) is 10.2 Å². The van der Waals surface area contributed by atoms with E-state index >= 15 is 0 Å². The van der Waals surface area contributed by atoms with Crippen molar-refractivity contribution in [2.75, 3.05) is 26.3 Å². The van der Waals surface area contributed by atoms with Crippen molar-refractivity contribution in [1.29, 1.82) is 0 Å². The van der Waals surface area contributed by atoms with Crippen LogP contribution in [-0.4, -0.2) is 49.1 Å². The van der Waals surface area contributed by atoms with Crippen molar-refractivity contribution >= 4 is 11.8 Å². The van der Waals surface area contributed by atoms with Crippen LogP contribution in [0.5, 0.6) is 0 Å². The Kier molecular flexibility index (Phi) is 5.13. The fourth-order valence-electron chi connectivity index (χ4n) is 4.11. The zero-order chi connectivity index (χ0) is 18.0. The van der Waals surface area contributed by atoms with Gasteiger partial charge in [-0.05, 0) is 45.7 Å². The van der Waals surface area contributed by atoms with Crippen molar-refractivity contribution in [2.24, 2.45) is 11.3 Å². The summed E-state index contributed by atoms with van der Waals surface area (Å²) in [5, 5.41) is 3.05. The lowest BCUT2D eigenvalue weighted by atomic mass is 9.71. The maximum atomic E-state index is 13.0. The van der Waals surface area contributed by atoms with E-state index in [9.17, 15) is 9.59 Å². The molecule has 0 radical (unpaired) electrons. The summed E-state index contributed by atoms with van der Waals surface area (Å²) in [6.45, 7) is 8.39. The topological polar surface area (TPSA) is 58.6 Å². The first kappa shape index (κ1) is 17.9. The Labute approximate surface area is 149 Å². The van der Waals surface area contributed by atoms with E-state index in [-0.39, 0.29) is 29.2 Å². The highest BCUT2D eigenvalue weighted by Crippen LogP contribution is 2.44. The molecule has 0 saturated carbocycles. The molecular formula is C20H28N2O3. The summed E-state index contributed by atoms with van der Waals surface area (Å²) in [5.41, 5.74) is 1.61. The molecule has 0 bridgehead atoms. The third kappa shape index (κ3) is 3.71. The number of amides is 2. The average molecular weight is 344 g/mol. The van der Waals surface area contributed by atoms with Gasteiger partial charge in [0.05, 0.1) is 5.92 Å². The van der Waals surface area contributed by atoms with Gasteiger partial charge in [0, 0.05) is 43.3 Å². The number of rotatable bonds is 3. The number of hydrogen-bond donors (Lipinski definition) is 1. The molecule has 5 heteroatoms. The molecule has 1 aromatic rings. The summed E-state index contributed by atoms with van der Waals surface area (Å²) in [7, 11) is 0. The normalized spacial score (nSPS) is 22.4. The minimum atomic E-state index is -0.160. The van der Waals surface area contributed by atoms with Gasteiger partial charge in [-0.25, -0.2) is 0 Å². The van der Waals surface area contributed by atoms with Crippen LogP contribution < -0.4 is 5.32 Å².